The van der Waals surface area contributed by atoms with Gasteiger partial charge in [-0.1, -0.05) is 43.2 Å². The van der Waals surface area contributed by atoms with Gasteiger partial charge in [0.1, 0.15) is 6.54 Å². The average Bonchev–Trinajstić information content (AvgIpc) is 3.17. The first kappa shape index (κ1) is 16.5. The Labute approximate surface area is 138 Å². The molecular weight excluding hydrogens is 290 g/mol. The number of hydrogen-bond acceptors (Lipinski definition) is 3. The summed E-state index contributed by atoms with van der Waals surface area (Å²) in [6, 6.07) is 9.33. The minimum absolute atomic E-state index is 0.0405. The minimum atomic E-state index is -1.50. The van der Waals surface area contributed by atoms with Gasteiger partial charge in [0.05, 0.1) is 20.6 Å². The van der Waals surface area contributed by atoms with Crippen LogP contribution in [-0.2, 0) is 15.1 Å². The van der Waals surface area contributed by atoms with Gasteiger partial charge in [-0.25, -0.2) is 4.79 Å². The summed E-state index contributed by atoms with van der Waals surface area (Å²) < 4.78 is 6.64. The van der Waals surface area contributed by atoms with Gasteiger partial charge in [0.2, 0.25) is 0 Å². The predicted octanol–water partition coefficient (Wildman–Crippen LogP) is 2.46. The molecular formula is C19H28NO3+. The number of ether oxygens (including phenoxy) is 1. The molecule has 2 aliphatic rings. The number of nitrogens with zero attached hydrogens (tertiary/aromatic N) is 1. The number of aliphatic hydroxyl groups is 1. The highest BCUT2D eigenvalue weighted by Crippen LogP contribution is 2.42. The highest BCUT2D eigenvalue weighted by Gasteiger charge is 2.49. The van der Waals surface area contributed by atoms with Crippen molar-refractivity contribution in [1.82, 2.24) is 0 Å². The lowest BCUT2D eigenvalue weighted by Crippen LogP contribution is -2.46. The fourth-order valence-electron chi connectivity index (χ4n) is 4.12. The van der Waals surface area contributed by atoms with E-state index in [-0.39, 0.29) is 12.0 Å². The van der Waals surface area contributed by atoms with Gasteiger partial charge in [0, 0.05) is 12.3 Å². The average molecular weight is 318 g/mol. The van der Waals surface area contributed by atoms with Gasteiger partial charge >= 0.3 is 5.97 Å². The smallest absolute Gasteiger partial charge is 0.343 e. The summed E-state index contributed by atoms with van der Waals surface area (Å²) in [7, 11) is 4.29. The number of benzene rings is 1. The molecule has 1 aliphatic carbocycles. The van der Waals surface area contributed by atoms with Crippen LogP contribution >= 0.6 is 0 Å². The quantitative estimate of drug-likeness (QED) is 0.685. The normalized spacial score (nSPS) is 26.8. The molecule has 0 bridgehead atoms. The van der Waals surface area contributed by atoms with Crippen LogP contribution in [-0.4, -0.2) is 48.8 Å². The van der Waals surface area contributed by atoms with Gasteiger partial charge in [-0.15, -0.1) is 0 Å². The molecule has 0 amide bonds. The van der Waals surface area contributed by atoms with E-state index in [2.05, 4.69) is 14.1 Å². The molecule has 4 heteroatoms. The molecule has 23 heavy (non-hydrogen) atoms. The summed E-state index contributed by atoms with van der Waals surface area (Å²) in [5.74, 6) is -0.496. The van der Waals surface area contributed by atoms with Crippen LogP contribution in [0.25, 0.3) is 0 Å². The van der Waals surface area contributed by atoms with Crippen molar-refractivity contribution >= 4 is 5.97 Å². The number of likely N-dealkylation sites (N-methyl/N-ethyl adjacent to an activating group) is 1. The van der Waals surface area contributed by atoms with Gasteiger partial charge in [0.25, 0.3) is 0 Å². The van der Waals surface area contributed by atoms with Gasteiger partial charge in [-0.3, -0.25) is 0 Å². The highest BCUT2D eigenvalue weighted by atomic mass is 16.6. The minimum Gasteiger partial charge on any atom is -0.454 e. The van der Waals surface area contributed by atoms with Crippen LogP contribution in [0.2, 0.25) is 0 Å². The van der Waals surface area contributed by atoms with Crippen molar-refractivity contribution in [2.45, 2.75) is 43.8 Å². The van der Waals surface area contributed by atoms with E-state index < -0.39 is 11.6 Å². The third-order valence-corrected chi connectivity index (χ3v) is 5.50. The first-order chi connectivity index (χ1) is 10.9. The van der Waals surface area contributed by atoms with E-state index in [1.54, 1.807) is 0 Å². The molecule has 0 radical (unpaired) electrons. The Bertz CT molecular complexity index is 551. The standard InChI is InChI=1S/C19H28NO3/c1-20(2)13-12-17(14-20)23-18(21)19(22,16-10-6-7-11-16)15-8-4-3-5-9-15/h3-5,8-9,16-17,22H,6-7,10-14H2,1-2H3/q+1/t17-,19?/m0/s1. The molecule has 3 rings (SSSR count). The lowest BCUT2D eigenvalue weighted by molar-refractivity contribution is -0.879. The topological polar surface area (TPSA) is 46.5 Å². The first-order valence-corrected chi connectivity index (χ1v) is 8.73. The molecule has 2 fully saturated rings. The Morgan fingerprint density at radius 2 is 1.83 bits per heavy atom. The second-order valence-corrected chi connectivity index (χ2v) is 7.77. The van der Waals surface area contributed by atoms with Crippen molar-refractivity contribution in [3.05, 3.63) is 35.9 Å². The number of esters is 1. The number of rotatable bonds is 4. The van der Waals surface area contributed by atoms with E-state index in [0.29, 0.717) is 5.56 Å². The maximum Gasteiger partial charge on any atom is 0.343 e. The van der Waals surface area contributed by atoms with Crippen molar-refractivity contribution in [3.63, 3.8) is 0 Å². The fourth-order valence-corrected chi connectivity index (χ4v) is 4.12. The van der Waals surface area contributed by atoms with Crippen LogP contribution in [0.1, 0.15) is 37.7 Å². The monoisotopic (exact) mass is 318 g/mol. The Morgan fingerprint density at radius 3 is 2.39 bits per heavy atom. The lowest BCUT2D eigenvalue weighted by atomic mass is 9.80. The molecule has 4 nitrogen and oxygen atoms in total. The Balaban J connectivity index is 1.82. The summed E-state index contributed by atoms with van der Waals surface area (Å²) in [6.07, 6.45) is 4.68. The Morgan fingerprint density at radius 1 is 1.17 bits per heavy atom. The summed E-state index contributed by atoms with van der Waals surface area (Å²) >= 11 is 0. The van der Waals surface area contributed by atoms with Crippen LogP contribution < -0.4 is 0 Å². The lowest BCUT2D eigenvalue weighted by Gasteiger charge is -2.33. The van der Waals surface area contributed by atoms with Gasteiger partial charge in [-0.05, 0) is 18.4 Å². The SMILES string of the molecule is C[N+]1(C)CC[C@H](OC(=O)C(O)(c2ccccc2)C2CCCC2)C1. The van der Waals surface area contributed by atoms with E-state index >= 15 is 0 Å². The summed E-state index contributed by atoms with van der Waals surface area (Å²) in [6.45, 7) is 1.83. The molecule has 1 saturated carbocycles. The van der Waals surface area contributed by atoms with Gasteiger partial charge in [-0.2, -0.15) is 0 Å². The van der Waals surface area contributed by atoms with E-state index in [9.17, 15) is 9.90 Å². The Kier molecular flexibility index (Phi) is 4.47. The number of carbonyl (C=O) groups excluding carboxylic acids is 1. The molecule has 0 spiro atoms. The number of carbonyl (C=O) groups is 1. The number of quaternary nitrogens is 1. The summed E-state index contributed by atoms with van der Waals surface area (Å²) in [5.41, 5.74) is -0.832. The van der Waals surface area contributed by atoms with Crippen molar-refractivity contribution in [1.29, 1.82) is 0 Å². The van der Waals surface area contributed by atoms with Crippen molar-refractivity contribution in [2.75, 3.05) is 27.2 Å². The van der Waals surface area contributed by atoms with Crippen LogP contribution in [0.3, 0.4) is 0 Å². The Hall–Kier alpha value is -1.39. The molecule has 1 unspecified atom stereocenters. The molecule has 1 N–H and O–H groups in total. The van der Waals surface area contributed by atoms with E-state index in [1.165, 1.54) is 0 Å². The van der Waals surface area contributed by atoms with Crippen molar-refractivity contribution < 1.29 is 19.1 Å². The summed E-state index contributed by atoms with van der Waals surface area (Å²) in [4.78, 5) is 12.9. The van der Waals surface area contributed by atoms with Crippen LogP contribution in [0.4, 0.5) is 0 Å². The van der Waals surface area contributed by atoms with E-state index in [4.69, 9.17) is 4.74 Å². The third-order valence-electron chi connectivity index (χ3n) is 5.50. The fraction of sp³-hybridized carbons (Fsp3) is 0.632. The molecule has 1 aromatic carbocycles. The molecule has 1 saturated heterocycles. The first-order valence-electron chi connectivity index (χ1n) is 8.73. The van der Waals surface area contributed by atoms with Crippen LogP contribution in [0.5, 0.6) is 0 Å². The molecule has 1 aromatic rings. The summed E-state index contributed by atoms with van der Waals surface area (Å²) in [5, 5.41) is 11.4. The zero-order valence-electron chi connectivity index (χ0n) is 14.2. The van der Waals surface area contributed by atoms with Gasteiger partial charge < -0.3 is 14.3 Å². The number of likely N-dealkylation sites (tertiary alicyclic amines) is 1. The molecule has 2 atom stereocenters. The maximum absolute atomic E-state index is 12.9. The van der Waals surface area contributed by atoms with Gasteiger partial charge in [0.15, 0.2) is 11.7 Å². The maximum atomic E-state index is 12.9. The highest BCUT2D eigenvalue weighted by molar-refractivity contribution is 5.81. The second kappa shape index (κ2) is 6.25. The molecule has 0 aromatic heterocycles. The largest absolute Gasteiger partial charge is 0.454 e. The van der Waals surface area contributed by atoms with E-state index in [1.807, 2.05) is 30.3 Å². The molecule has 1 heterocycles. The number of hydrogen-bond donors (Lipinski definition) is 1. The third kappa shape index (κ3) is 3.29. The van der Waals surface area contributed by atoms with E-state index in [0.717, 1.165) is 49.7 Å². The van der Waals surface area contributed by atoms with Crippen LogP contribution in [0.15, 0.2) is 30.3 Å². The zero-order chi connectivity index (χ0) is 16.5. The van der Waals surface area contributed by atoms with Crippen LogP contribution in [0, 0.1) is 5.92 Å². The zero-order valence-corrected chi connectivity index (χ0v) is 14.2. The van der Waals surface area contributed by atoms with Crippen molar-refractivity contribution in [2.24, 2.45) is 5.92 Å². The van der Waals surface area contributed by atoms with Crippen molar-refractivity contribution in [3.8, 4) is 0 Å². The second-order valence-electron chi connectivity index (χ2n) is 7.77. The molecule has 1 aliphatic heterocycles. The molecule has 126 valence electrons. The predicted molar refractivity (Wildman–Crippen MR) is 88.6 cm³/mol.